The number of rotatable bonds is 4. The first-order valence-electron chi connectivity index (χ1n) is 12.6. The first-order chi connectivity index (χ1) is 18.2. The van der Waals surface area contributed by atoms with Crippen LogP contribution in [0.25, 0.3) is 28.7 Å². The van der Waals surface area contributed by atoms with Gasteiger partial charge in [-0.3, -0.25) is 0 Å². The van der Waals surface area contributed by atoms with E-state index < -0.39 is 13.0 Å². The molecule has 0 atom stereocenters. The Hall–Kier alpha value is -4.18. The molecule has 7 heteroatoms. The van der Waals surface area contributed by atoms with Gasteiger partial charge in [-0.25, -0.2) is 17.9 Å². The Labute approximate surface area is 221 Å². The molecule has 4 nitrogen and oxygen atoms in total. The smallest absolute Gasteiger partial charge is 0.422 e. The van der Waals surface area contributed by atoms with Gasteiger partial charge >= 0.3 is 13.0 Å². The fourth-order valence-corrected chi connectivity index (χ4v) is 5.25. The van der Waals surface area contributed by atoms with Crippen LogP contribution in [0.3, 0.4) is 0 Å². The number of fused-ring (bicyclic) bond motifs is 2. The van der Waals surface area contributed by atoms with Crippen LogP contribution in [-0.4, -0.2) is 22.2 Å². The van der Waals surface area contributed by atoms with E-state index in [4.69, 9.17) is 4.42 Å². The molecule has 0 saturated carbocycles. The maximum atomic E-state index is 14.2. The van der Waals surface area contributed by atoms with Gasteiger partial charge in [0.15, 0.2) is 11.4 Å². The predicted octanol–water partition coefficient (Wildman–Crippen LogP) is 6.69. The molecule has 0 N–H and O–H groups in total. The second-order valence-corrected chi connectivity index (χ2v) is 9.80. The van der Waals surface area contributed by atoms with Crippen LogP contribution in [-0.2, 0) is 7.05 Å². The maximum absolute atomic E-state index is 14.2. The van der Waals surface area contributed by atoms with Crippen LogP contribution in [0.1, 0.15) is 60.3 Å². The van der Waals surface area contributed by atoms with E-state index in [1.54, 1.807) is 37.3 Å². The Kier molecular flexibility index (Phi) is 6.67. The van der Waals surface area contributed by atoms with Crippen molar-refractivity contribution in [1.29, 1.82) is 0 Å². The third kappa shape index (κ3) is 4.52. The lowest BCUT2D eigenvalue weighted by molar-refractivity contribution is -0.343. The number of benzene rings is 1. The Morgan fingerprint density at radius 3 is 2.66 bits per heavy atom. The maximum Gasteiger partial charge on any atom is 0.934 e. The van der Waals surface area contributed by atoms with Crippen LogP contribution >= 0.6 is 0 Å². The van der Waals surface area contributed by atoms with Crippen molar-refractivity contribution in [2.75, 3.05) is 0 Å². The van der Waals surface area contributed by atoms with Crippen LogP contribution in [0.4, 0.5) is 8.63 Å². The van der Waals surface area contributed by atoms with E-state index in [1.807, 2.05) is 50.6 Å². The summed E-state index contributed by atoms with van der Waals surface area (Å²) in [6.07, 6.45) is 11.0. The fraction of sp³-hybridized carbons (Fsp3) is 0.226. The second-order valence-electron chi connectivity index (χ2n) is 9.80. The molecule has 0 bridgehead atoms. The van der Waals surface area contributed by atoms with Gasteiger partial charge in [0.05, 0.1) is 16.8 Å². The van der Waals surface area contributed by atoms with Crippen molar-refractivity contribution in [3.63, 3.8) is 0 Å². The van der Waals surface area contributed by atoms with Crippen LogP contribution in [0, 0.1) is 25.7 Å². The zero-order chi connectivity index (χ0) is 27.1. The molecule has 0 radical (unpaired) electrons. The Balaban J connectivity index is 1.70. The van der Waals surface area contributed by atoms with Gasteiger partial charge in [-0.2, -0.15) is 0 Å². The highest BCUT2D eigenvalue weighted by molar-refractivity contribution is 6.35. The number of hydrogen-bond donors (Lipinski definition) is 0. The van der Waals surface area contributed by atoms with Crippen molar-refractivity contribution in [2.24, 2.45) is 7.05 Å². The largest absolute Gasteiger partial charge is 0.934 e. The second kappa shape index (κ2) is 9.94. The van der Waals surface area contributed by atoms with Crippen LogP contribution in [0.5, 0.6) is 0 Å². The number of allylic oxidation sites excluding steroid dienone is 5. The number of nitrogens with zero attached hydrogens (tertiary/aromatic N) is 2. The Bertz CT molecular complexity index is 1770. The molecule has 190 valence electrons. The minimum atomic E-state index is -2.70. The van der Waals surface area contributed by atoms with Gasteiger partial charge in [-0.15, -0.1) is 0 Å². The van der Waals surface area contributed by atoms with Gasteiger partial charge in [0, 0.05) is 48.7 Å². The van der Waals surface area contributed by atoms with E-state index >= 15 is 0 Å². The monoisotopic (exact) mass is 509 g/mol. The number of aryl methyl sites for hydroxylation is 2. The first kappa shape index (κ1) is 25.5. The zero-order valence-electron chi connectivity index (χ0n) is 22.2. The molecule has 5 rings (SSSR count). The highest BCUT2D eigenvalue weighted by Gasteiger charge is 2.44. The predicted molar refractivity (Wildman–Crippen MR) is 151 cm³/mol. The van der Waals surface area contributed by atoms with E-state index in [2.05, 4.69) is 17.9 Å². The lowest BCUT2D eigenvalue weighted by Crippen LogP contribution is -2.25. The summed E-state index contributed by atoms with van der Waals surface area (Å²) in [5.41, 5.74) is 7.11. The lowest BCUT2D eigenvalue weighted by Gasteiger charge is -2.12. The zero-order valence-corrected chi connectivity index (χ0v) is 22.2. The molecule has 2 aromatic heterocycles. The number of aromatic nitrogens is 1. The van der Waals surface area contributed by atoms with Gasteiger partial charge in [0.25, 0.3) is 0 Å². The normalized spacial score (nSPS) is 16.3. The van der Waals surface area contributed by atoms with Gasteiger partial charge in [0.2, 0.25) is 0 Å². The average Bonchev–Trinajstić information content (AvgIpc) is 3.28. The molecule has 0 saturated heterocycles. The van der Waals surface area contributed by atoms with E-state index in [0.29, 0.717) is 28.1 Å². The third-order valence-electron chi connectivity index (χ3n) is 7.11. The molecule has 38 heavy (non-hydrogen) atoms. The molecule has 3 heterocycles. The molecule has 1 aliphatic heterocycles. The summed E-state index contributed by atoms with van der Waals surface area (Å²) in [4.78, 5) is 13.0. The van der Waals surface area contributed by atoms with Crippen molar-refractivity contribution in [1.82, 2.24) is 4.57 Å². The molecule has 1 aromatic carbocycles. The van der Waals surface area contributed by atoms with Crippen molar-refractivity contribution >= 4 is 41.8 Å². The minimum absolute atomic E-state index is 0.337. The SMILES string of the molecule is CC1=CC(C)=[N+](B(F)F)/C1=C(/C=C/c1cc2cc3c(cc2oc1=O)C#CCCC=C3)c1c(C)cc(C)n1C. The van der Waals surface area contributed by atoms with Gasteiger partial charge in [0.1, 0.15) is 5.58 Å². The van der Waals surface area contributed by atoms with Gasteiger partial charge < -0.3 is 8.98 Å². The summed E-state index contributed by atoms with van der Waals surface area (Å²) in [5, 5.41) is 0.769. The van der Waals surface area contributed by atoms with E-state index in [1.165, 1.54) is 0 Å². The standard InChI is InChI=1S/C31H28BF2N2O2/c1-19-14-21(3)35(5)29(19)27(30-20(2)15-22(4)36(30)32(33)34)13-12-25-17-26-16-23-10-8-6-7-9-11-24(23)18-28(26)38-31(25)37/h8,10,12-18H,6-7H2,1-5H3/q+1/b10-8?,13-12+. The van der Waals surface area contributed by atoms with E-state index in [9.17, 15) is 13.4 Å². The van der Waals surface area contributed by atoms with Crippen molar-refractivity contribution in [3.8, 4) is 11.8 Å². The lowest BCUT2D eigenvalue weighted by atomic mass is 9.98. The van der Waals surface area contributed by atoms with Crippen LogP contribution in [0.15, 0.2) is 63.0 Å². The summed E-state index contributed by atoms with van der Waals surface area (Å²) < 4.78 is 37.1. The average molecular weight is 509 g/mol. The molecule has 0 unspecified atom stereocenters. The highest BCUT2D eigenvalue weighted by atomic mass is 19.2. The molecule has 0 spiro atoms. The summed E-state index contributed by atoms with van der Waals surface area (Å²) in [5.74, 6) is 6.29. The quantitative estimate of drug-likeness (QED) is 0.223. The Morgan fingerprint density at radius 1 is 1.16 bits per heavy atom. The van der Waals surface area contributed by atoms with E-state index in [0.717, 1.165) is 56.4 Å². The number of hydrogen-bond acceptors (Lipinski definition) is 2. The van der Waals surface area contributed by atoms with Gasteiger partial charge in [-0.05, 0) is 74.7 Å². The topological polar surface area (TPSA) is 38.1 Å². The van der Waals surface area contributed by atoms with Gasteiger partial charge in [-0.1, -0.05) is 24.0 Å². The molecular weight excluding hydrogens is 481 g/mol. The first-order valence-corrected chi connectivity index (χ1v) is 12.6. The van der Waals surface area contributed by atoms with Crippen molar-refractivity contribution in [3.05, 3.63) is 97.8 Å². The van der Waals surface area contributed by atoms with Crippen molar-refractivity contribution in [2.45, 2.75) is 40.5 Å². The summed E-state index contributed by atoms with van der Waals surface area (Å²) >= 11 is 0. The summed E-state index contributed by atoms with van der Waals surface area (Å²) in [7, 11) is -0.789. The third-order valence-corrected chi connectivity index (χ3v) is 7.11. The molecule has 3 aromatic rings. The number of halogens is 2. The Morgan fingerprint density at radius 2 is 1.95 bits per heavy atom. The minimum Gasteiger partial charge on any atom is -0.422 e. The van der Waals surface area contributed by atoms with E-state index in [-0.39, 0.29) is 0 Å². The van der Waals surface area contributed by atoms with Crippen LogP contribution in [0.2, 0.25) is 0 Å². The fourth-order valence-electron chi connectivity index (χ4n) is 5.25. The highest BCUT2D eigenvalue weighted by Crippen LogP contribution is 2.34. The molecular formula is C31H28BF2N2O2+. The molecule has 0 fully saturated rings. The molecule has 2 aliphatic rings. The van der Waals surface area contributed by atoms with Crippen LogP contribution < -0.4 is 5.63 Å². The molecule has 1 aliphatic carbocycles. The summed E-state index contributed by atoms with van der Waals surface area (Å²) in [6.45, 7) is 7.44. The molecule has 0 amide bonds. The summed E-state index contributed by atoms with van der Waals surface area (Å²) in [6, 6.07) is 7.57. The van der Waals surface area contributed by atoms with Crippen molar-refractivity contribution < 1.29 is 17.5 Å².